The number of alkyl halides is 1. The highest BCUT2D eigenvalue weighted by atomic mass is 79.9. The number of carbonyl (C=O) groups is 1. The topological polar surface area (TPSA) is 46.5 Å². The molecule has 1 N–H and O–H groups in total. The van der Waals surface area contributed by atoms with Crippen LogP contribution in [0.25, 0.3) is 10.8 Å². The molecule has 0 saturated carbocycles. The highest BCUT2D eigenvalue weighted by molar-refractivity contribution is 9.10. The van der Waals surface area contributed by atoms with Gasteiger partial charge in [0.2, 0.25) is 0 Å². The standard InChI is InChI=1S/C13H10BrClO3/c1-18-13(17)10-5-7-4-8(14)2-3-9(7)11(6-15)12(10)16/h2-5,16H,6H2,1H3. The number of carbonyl (C=O) groups excluding carboxylic acids is 1. The Morgan fingerprint density at radius 2 is 2.17 bits per heavy atom. The summed E-state index contributed by atoms with van der Waals surface area (Å²) in [5, 5.41) is 11.7. The van der Waals surface area contributed by atoms with E-state index in [1.165, 1.54) is 7.11 Å². The van der Waals surface area contributed by atoms with E-state index in [0.717, 1.165) is 15.2 Å². The fourth-order valence-corrected chi connectivity index (χ4v) is 2.49. The van der Waals surface area contributed by atoms with Crippen molar-refractivity contribution < 1.29 is 14.6 Å². The van der Waals surface area contributed by atoms with Gasteiger partial charge in [0, 0.05) is 10.0 Å². The lowest BCUT2D eigenvalue weighted by Crippen LogP contribution is -2.03. The monoisotopic (exact) mass is 328 g/mol. The first-order valence-electron chi connectivity index (χ1n) is 5.17. The van der Waals surface area contributed by atoms with Crippen LogP contribution in [0.1, 0.15) is 15.9 Å². The van der Waals surface area contributed by atoms with E-state index < -0.39 is 5.97 Å². The predicted octanol–water partition coefficient (Wildman–Crippen LogP) is 3.83. The van der Waals surface area contributed by atoms with Gasteiger partial charge < -0.3 is 9.84 Å². The Kier molecular flexibility index (Phi) is 3.78. The van der Waals surface area contributed by atoms with Gasteiger partial charge in [-0.15, -0.1) is 11.6 Å². The number of benzene rings is 2. The number of halogens is 2. The van der Waals surface area contributed by atoms with Crippen molar-refractivity contribution in [3.8, 4) is 5.75 Å². The van der Waals surface area contributed by atoms with Crippen LogP contribution in [-0.2, 0) is 10.6 Å². The number of fused-ring (bicyclic) bond motifs is 1. The van der Waals surface area contributed by atoms with Gasteiger partial charge in [-0.25, -0.2) is 4.79 Å². The lowest BCUT2D eigenvalue weighted by Gasteiger charge is -2.11. The van der Waals surface area contributed by atoms with Crippen LogP contribution in [0.15, 0.2) is 28.7 Å². The van der Waals surface area contributed by atoms with Gasteiger partial charge in [-0.3, -0.25) is 0 Å². The smallest absolute Gasteiger partial charge is 0.341 e. The molecule has 2 aromatic rings. The second-order valence-corrected chi connectivity index (χ2v) is 4.92. The highest BCUT2D eigenvalue weighted by Crippen LogP contribution is 2.34. The third kappa shape index (κ3) is 2.18. The molecule has 0 radical (unpaired) electrons. The first-order chi connectivity index (χ1) is 8.58. The second-order valence-electron chi connectivity index (χ2n) is 3.74. The van der Waals surface area contributed by atoms with Crippen LogP contribution < -0.4 is 0 Å². The Bertz CT molecular complexity index is 625. The van der Waals surface area contributed by atoms with Crippen molar-refractivity contribution in [2.45, 2.75) is 5.88 Å². The molecule has 0 unspecified atom stereocenters. The number of phenolic OH excluding ortho intramolecular Hbond substituents is 1. The molecule has 0 heterocycles. The zero-order chi connectivity index (χ0) is 13.3. The molecule has 3 nitrogen and oxygen atoms in total. The summed E-state index contributed by atoms with van der Waals surface area (Å²) in [7, 11) is 1.27. The maximum Gasteiger partial charge on any atom is 0.341 e. The van der Waals surface area contributed by atoms with E-state index >= 15 is 0 Å². The van der Waals surface area contributed by atoms with Crippen LogP contribution >= 0.6 is 27.5 Å². The molecule has 18 heavy (non-hydrogen) atoms. The van der Waals surface area contributed by atoms with Gasteiger partial charge in [0.25, 0.3) is 0 Å². The number of ether oxygens (including phenoxy) is 1. The van der Waals surface area contributed by atoms with Crippen molar-refractivity contribution in [1.82, 2.24) is 0 Å². The maximum absolute atomic E-state index is 11.6. The summed E-state index contributed by atoms with van der Waals surface area (Å²) in [5.74, 6) is -0.582. The fourth-order valence-electron chi connectivity index (χ4n) is 1.84. The Balaban J connectivity index is 2.82. The lowest BCUT2D eigenvalue weighted by atomic mass is 10.0. The van der Waals surface area contributed by atoms with Gasteiger partial charge in [-0.05, 0) is 29.0 Å². The van der Waals surface area contributed by atoms with Gasteiger partial charge in [0.1, 0.15) is 11.3 Å². The SMILES string of the molecule is COC(=O)c1cc2cc(Br)ccc2c(CCl)c1O. The molecule has 2 aromatic carbocycles. The van der Waals surface area contributed by atoms with Crippen molar-refractivity contribution >= 4 is 44.3 Å². The zero-order valence-electron chi connectivity index (χ0n) is 9.54. The van der Waals surface area contributed by atoms with Gasteiger partial charge in [0.05, 0.1) is 13.0 Å². The number of phenols is 1. The number of esters is 1. The molecule has 0 aliphatic carbocycles. The van der Waals surface area contributed by atoms with Crippen molar-refractivity contribution in [2.75, 3.05) is 7.11 Å². The largest absolute Gasteiger partial charge is 0.507 e. The van der Waals surface area contributed by atoms with Crippen molar-refractivity contribution in [3.05, 3.63) is 39.9 Å². The molecule has 0 aromatic heterocycles. The Labute approximate surface area is 117 Å². The third-order valence-electron chi connectivity index (χ3n) is 2.72. The van der Waals surface area contributed by atoms with Crippen LogP contribution in [-0.4, -0.2) is 18.2 Å². The molecule has 2 rings (SSSR count). The summed E-state index contributed by atoms with van der Waals surface area (Å²) >= 11 is 9.21. The van der Waals surface area contributed by atoms with E-state index in [-0.39, 0.29) is 17.2 Å². The summed E-state index contributed by atoms with van der Waals surface area (Å²) in [6.07, 6.45) is 0. The summed E-state index contributed by atoms with van der Waals surface area (Å²) in [6, 6.07) is 7.15. The number of hydrogen-bond donors (Lipinski definition) is 1. The molecule has 0 aliphatic heterocycles. The minimum absolute atomic E-state index is 0.119. The summed E-state index contributed by atoms with van der Waals surface area (Å²) < 4.78 is 5.53. The average Bonchev–Trinajstić information content (AvgIpc) is 2.37. The highest BCUT2D eigenvalue weighted by Gasteiger charge is 2.18. The molecular formula is C13H10BrClO3. The van der Waals surface area contributed by atoms with E-state index in [9.17, 15) is 9.90 Å². The normalized spacial score (nSPS) is 10.6. The Morgan fingerprint density at radius 1 is 1.44 bits per heavy atom. The number of hydrogen-bond acceptors (Lipinski definition) is 3. The lowest BCUT2D eigenvalue weighted by molar-refractivity contribution is 0.0597. The maximum atomic E-state index is 11.6. The van der Waals surface area contributed by atoms with E-state index in [2.05, 4.69) is 20.7 Å². The Morgan fingerprint density at radius 3 is 2.78 bits per heavy atom. The molecule has 5 heteroatoms. The summed E-state index contributed by atoms with van der Waals surface area (Å²) in [6.45, 7) is 0. The van der Waals surface area contributed by atoms with E-state index in [1.54, 1.807) is 6.07 Å². The van der Waals surface area contributed by atoms with Crippen molar-refractivity contribution in [1.29, 1.82) is 0 Å². The Hall–Kier alpha value is -1.26. The molecule has 0 bridgehead atoms. The van der Waals surface area contributed by atoms with Gasteiger partial charge in [0.15, 0.2) is 0 Å². The average molecular weight is 330 g/mol. The second kappa shape index (κ2) is 5.16. The molecule has 0 atom stereocenters. The van der Waals surface area contributed by atoms with Gasteiger partial charge in [-0.1, -0.05) is 22.0 Å². The van der Waals surface area contributed by atoms with Crippen molar-refractivity contribution in [3.63, 3.8) is 0 Å². The van der Waals surface area contributed by atoms with E-state index in [4.69, 9.17) is 11.6 Å². The molecule has 0 amide bonds. The van der Waals surface area contributed by atoms with E-state index in [1.807, 2.05) is 18.2 Å². The summed E-state index contributed by atoms with van der Waals surface area (Å²) in [4.78, 5) is 11.6. The predicted molar refractivity (Wildman–Crippen MR) is 74.2 cm³/mol. The molecular weight excluding hydrogens is 319 g/mol. The molecule has 0 aliphatic rings. The third-order valence-corrected chi connectivity index (χ3v) is 3.48. The van der Waals surface area contributed by atoms with Crippen LogP contribution in [0.2, 0.25) is 0 Å². The molecule has 0 saturated heterocycles. The molecule has 94 valence electrons. The minimum Gasteiger partial charge on any atom is -0.507 e. The molecule has 0 spiro atoms. The number of aromatic hydroxyl groups is 1. The summed E-state index contributed by atoms with van der Waals surface area (Å²) in [5.41, 5.74) is 0.654. The quantitative estimate of drug-likeness (QED) is 0.673. The first-order valence-corrected chi connectivity index (χ1v) is 6.49. The van der Waals surface area contributed by atoms with Crippen LogP contribution in [0.5, 0.6) is 5.75 Å². The fraction of sp³-hybridized carbons (Fsp3) is 0.154. The van der Waals surface area contributed by atoms with Crippen LogP contribution in [0, 0.1) is 0 Å². The zero-order valence-corrected chi connectivity index (χ0v) is 11.9. The van der Waals surface area contributed by atoms with Crippen molar-refractivity contribution in [2.24, 2.45) is 0 Å². The van der Waals surface area contributed by atoms with Gasteiger partial charge >= 0.3 is 5.97 Å². The van der Waals surface area contributed by atoms with Gasteiger partial charge in [-0.2, -0.15) is 0 Å². The molecule has 0 fully saturated rings. The first kappa shape index (κ1) is 13.2. The minimum atomic E-state index is -0.583. The van der Waals surface area contributed by atoms with E-state index in [0.29, 0.717) is 5.56 Å². The van der Waals surface area contributed by atoms with Crippen LogP contribution in [0.3, 0.4) is 0 Å². The number of methoxy groups -OCH3 is 1. The number of rotatable bonds is 2. The van der Waals surface area contributed by atoms with Crippen LogP contribution in [0.4, 0.5) is 0 Å².